The molecule has 0 saturated heterocycles. The van der Waals surface area contributed by atoms with E-state index in [1.807, 2.05) is 19.0 Å². The van der Waals surface area contributed by atoms with E-state index < -0.39 is 17.8 Å². The predicted molar refractivity (Wildman–Crippen MR) is 79.1 cm³/mol. The normalized spacial score (nSPS) is 13.3. The topological polar surface area (TPSA) is 49.6 Å². The van der Waals surface area contributed by atoms with Gasteiger partial charge in [-0.25, -0.2) is 0 Å². The highest BCUT2D eigenvalue weighted by Crippen LogP contribution is 2.29. The number of carbonyl (C=O) groups is 1. The van der Waals surface area contributed by atoms with Gasteiger partial charge in [0.2, 0.25) is 5.91 Å². The zero-order chi connectivity index (χ0) is 16.9. The van der Waals surface area contributed by atoms with Crippen molar-refractivity contribution in [2.75, 3.05) is 27.2 Å². The van der Waals surface area contributed by atoms with Crippen molar-refractivity contribution in [3.63, 3.8) is 0 Å². The number of halogens is 3. The van der Waals surface area contributed by atoms with Crippen LogP contribution in [0.25, 0.3) is 0 Å². The Balaban J connectivity index is 2.82. The molecule has 0 unspecified atom stereocenters. The molecule has 0 aliphatic rings. The molecule has 1 aromatic carbocycles. The maximum absolute atomic E-state index is 12.5. The molecule has 0 spiro atoms. The summed E-state index contributed by atoms with van der Waals surface area (Å²) in [5, 5.41) is 0. The quantitative estimate of drug-likeness (QED) is 0.872. The van der Waals surface area contributed by atoms with Crippen LogP contribution in [0.4, 0.5) is 13.2 Å². The average molecular weight is 317 g/mol. The van der Waals surface area contributed by atoms with Crippen molar-refractivity contribution >= 4 is 5.91 Å². The van der Waals surface area contributed by atoms with Gasteiger partial charge in [0.1, 0.15) is 0 Å². The Hall–Kier alpha value is -1.60. The zero-order valence-electron chi connectivity index (χ0n) is 13.0. The third kappa shape index (κ3) is 5.65. The summed E-state index contributed by atoms with van der Waals surface area (Å²) in [7, 11) is 3.76. The fourth-order valence-electron chi connectivity index (χ4n) is 1.90. The molecule has 0 fully saturated rings. The summed E-state index contributed by atoms with van der Waals surface area (Å²) in [6, 6.07) is 4.18. The van der Waals surface area contributed by atoms with Gasteiger partial charge in [0, 0.05) is 19.6 Å². The van der Waals surface area contributed by atoms with Gasteiger partial charge in [-0.1, -0.05) is 12.1 Å². The number of hydrogen-bond acceptors (Lipinski definition) is 3. The molecule has 1 rings (SSSR count). The zero-order valence-corrected chi connectivity index (χ0v) is 13.0. The van der Waals surface area contributed by atoms with Crippen LogP contribution in [0, 0.1) is 0 Å². The van der Waals surface area contributed by atoms with Crippen molar-refractivity contribution in [3.05, 3.63) is 35.4 Å². The Labute approximate surface area is 128 Å². The average Bonchev–Trinajstić information content (AvgIpc) is 2.41. The third-order valence-electron chi connectivity index (χ3n) is 3.17. The standard InChI is InChI=1S/C15H22F3N3O/c1-11(19)14(22)21(9-8-20(2)3)10-12-4-6-13(7-5-12)15(16,17)18/h4-7,11H,8-10,19H2,1-3H3/t11-/m1/s1. The molecule has 124 valence electrons. The predicted octanol–water partition coefficient (Wildman–Crippen LogP) is 1.94. The number of likely N-dealkylation sites (N-methyl/N-ethyl adjacent to an activating group) is 1. The van der Waals surface area contributed by atoms with Crippen molar-refractivity contribution < 1.29 is 18.0 Å². The van der Waals surface area contributed by atoms with Gasteiger partial charge in [-0.05, 0) is 38.7 Å². The van der Waals surface area contributed by atoms with E-state index in [0.717, 1.165) is 12.1 Å². The number of rotatable bonds is 6. The first-order valence-electron chi connectivity index (χ1n) is 6.96. The number of benzene rings is 1. The number of carbonyl (C=O) groups excluding carboxylic acids is 1. The van der Waals surface area contributed by atoms with Crippen molar-refractivity contribution in [1.82, 2.24) is 9.80 Å². The third-order valence-corrected chi connectivity index (χ3v) is 3.17. The van der Waals surface area contributed by atoms with Gasteiger partial charge >= 0.3 is 6.18 Å². The maximum atomic E-state index is 12.5. The summed E-state index contributed by atoms with van der Waals surface area (Å²) >= 11 is 0. The second kappa shape index (κ2) is 7.60. The molecule has 22 heavy (non-hydrogen) atoms. The smallest absolute Gasteiger partial charge is 0.336 e. The highest BCUT2D eigenvalue weighted by atomic mass is 19.4. The number of nitrogens with two attached hydrogens (primary N) is 1. The van der Waals surface area contributed by atoms with Crippen LogP contribution in [0.2, 0.25) is 0 Å². The summed E-state index contributed by atoms with van der Waals surface area (Å²) in [6.07, 6.45) is -4.36. The maximum Gasteiger partial charge on any atom is 0.416 e. The molecule has 1 atom stereocenters. The van der Waals surface area contributed by atoms with Crippen LogP contribution in [0.3, 0.4) is 0 Å². The van der Waals surface area contributed by atoms with Crippen LogP contribution in [0.15, 0.2) is 24.3 Å². The highest BCUT2D eigenvalue weighted by Gasteiger charge is 2.30. The fraction of sp³-hybridized carbons (Fsp3) is 0.533. The molecule has 0 saturated carbocycles. The molecule has 1 aromatic rings. The van der Waals surface area contributed by atoms with Crippen molar-refractivity contribution in [2.45, 2.75) is 25.7 Å². The Bertz CT molecular complexity index is 484. The molecule has 0 aliphatic carbocycles. The van der Waals surface area contributed by atoms with Crippen LogP contribution < -0.4 is 5.73 Å². The Morgan fingerprint density at radius 1 is 1.18 bits per heavy atom. The van der Waals surface area contributed by atoms with E-state index in [1.165, 1.54) is 12.1 Å². The van der Waals surface area contributed by atoms with Gasteiger partial charge in [-0.2, -0.15) is 13.2 Å². The van der Waals surface area contributed by atoms with Gasteiger partial charge in [0.25, 0.3) is 0 Å². The number of amides is 1. The molecule has 0 heterocycles. The van der Waals surface area contributed by atoms with Crippen LogP contribution >= 0.6 is 0 Å². The van der Waals surface area contributed by atoms with Crippen molar-refractivity contribution in [2.24, 2.45) is 5.73 Å². The Kier molecular flexibility index (Phi) is 6.37. The van der Waals surface area contributed by atoms with Crippen molar-refractivity contribution in [3.8, 4) is 0 Å². The van der Waals surface area contributed by atoms with Gasteiger partial charge in [-0.15, -0.1) is 0 Å². The first-order chi connectivity index (χ1) is 10.1. The molecule has 0 aliphatic heterocycles. The van der Waals surface area contributed by atoms with E-state index in [1.54, 1.807) is 11.8 Å². The molecule has 0 aromatic heterocycles. The molecule has 0 bridgehead atoms. The lowest BCUT2D eigenvalue weighted by Crippen LogP contribution is -2.44. The first kappa shape index (κ1) is 18.4. The molecule has 4 nitrogen and oxygen atoms in total. The van der Waals surface area contributed by atoms with E-state index in [4.69, 9.17) is 5.73 Å². The summed E-state index contributed by atoms with van der Waals surface area (Å²) in [6.45, 7) is 2.96. The lowest BCUT2D eigenvalue weighted by atomic mass is 10.1. The van der Waals surface area contributed by atoms with E-state index in [2.05, 4.69) is 0 Å². The monoisotopic (exact) mass is 317 g/mol. The highest BCUT2D eigenvalue weighted by molar-refractivity contribution is 5.81. The number of hydrogen-bond donors (Lipinski definition) is 1. The van der Waals surface area contributed by atoms with Gasteiger partial charge < -0.3 is 15.5 Å². The fourth-order valence-corrected chi connectivity index (χ4v) is 1.90. The second-order valence-corrected chi connectivity index (χ2v) is 5.55. The van der Waals surface area contributed by atoms with Crippen LogP contribution in [-0.2, 0) is 17.5 Å². The SMILES string of the molecule is C[C@@H](N)C(=O)N(CCN(C)C)Cc1ccc(C(F)(F)F)cc1. The van der Waals surface area contributed by atoms with E-state index in [9.17, 15) is 18.0 Å². The summed E-state index contributed by atoms with van der Waals surface area (Å²) in [5.41, 5.74) is 5.56. The minimum atomic E-state index is -4.36. The van der Waals surface area contributed by atoms with E-state index in [0.29, 0.717) is 18.7 Å². The molecule has 2 N–H and O–H groups in total. The van der Waals surface area contributed by atoms with Gasteiger partial charge in [0.15, 0.2) is 0 Å². The van der Waals surface area contributed by atoms with E-state index >= 15 is 0 Å². The van der Waals surface area contributed by atoms with E-state index in [-0.39, 0.29) is 12.5 Å². The number of alkyl halides is 3. The van der Waals surface area contributed by atoms with Crippen LogP contribution in [0.1, 0.15) is 18.1 Å². The lowest BCUT2D eigenvalue weighted by Gasteiger charge is -2.26. The minimum Gasteiger partial charge on any atom is -0.336 e. The summed E-state index contributed by atoms with van der Waals surface area (Å²) in [4.78, 5) is 15.6. The number of nitrogens with zero attached hydrogens (tertiary/aromatic N) is 2. The van der Waals surface area contributed by atoms with Gasteiger partial charge in [0.05, 0.1) is 11.6 Å². The molecular weight excluding hydrogens is 295 g/mol. The Morgan fingerprint density at radius 2 is 1.73 bits per heavy atom. The Morgan fingerprint density at radius 3 is 2.14 bits per heavy atom. The van der Waals surface area contributed by atoms with Gasteiger partial charge in [-0.3, -0.25) is 4.79 Å². The lowest BCUT2D eigenvalue weighted by molar-refractivity contribution is -0.137. The second-order valence-electron chi connectivity index (χ2n) is 5.55. The molecular formula is C15H22F3N3O. The molecule has 7 heteroatoms. The molecule has 0 radical (unpaired) electrons. The minimum absolute atomic E-state index is 0.221. The largest absolute Gasteiger partial charge is 0.416 e. The molecule has 1 amide bonds. The van der Waals surface area contributed by atoms with Crippen molar-refractivity contribution in [1.29, 1.82) is 0 Å². The van der Waals surface area contributed by atoms with Crippen LogP contribution in [-0.4, -0.2) is 48.9 Å². The summed E-state index contributed by atoms with van der Waals surface area (Å²) in [5.74, 6) is -0.221. The van der Waals surface area contributed by atoms with Crippen LogP contribution in [0.5, 0.6) is 0 Å². The first-order valence-corrected chi connectivity index (χ1v) is 6.96. The summed E-state index contributed by atoms with van der Waals surface area (Å²) < 4.78 is 37.6.